The standard InChI is InChI=1S/C18H21ClN2O4S/c1-4-17(25-16-10-8-13(19)9-11-16)18(22)20-14-6-5-7-15(12-14)21(2)26(3,23)24/h5-12,17H,4H2,1-3H3,(H,20,22)/t17-/m0/s1. The summed E-state index contributed by atoms with van der Waals surface area (Å²) in [4.78, 5) is 12.5. The minimum Gasteiger partial charge on any atom is -0.481 e. The number of amides is 1. The van der Waals surface area contributed by atoms with Gasteiger partial charge in [0, 0.05) is 17.8 Å². The van der Waals surface area contributed by atoms with Crippen molar-refractivity contribution in [2.75, 3.05) is 22.9 Å². The number of anilines is 2. The Labute approximate surface area is 158 Å². The molecule has 2 rings (SSSR count). The van der Waals surface area contributed by atoms with Crippen LogP contribution in [0.4, 0.5) is 11.4 Å². The normalized spacial score (nSPS) is 12.3. The van der Waals surface area contributed by atoms with Gasteiger partial charge in [0.25, 0.3) is 5.91 Å². The topological polar surface area (TPSA) is 75.7 Å². The highest BCUT2D eigenvalue weighted by Crippen LogP contribution is 2.22. The Morgan fingerprint density at radius 2 is 1.88 bits per heavy atom. The molecule has 0 aliphatic carbocycles. The Morgan fingerprint density at radius 1 is 1.23 bits per heavy atom. The molecule has 140 valence electrons. The van der Waals surface area contributed by atoms with Crippen LogP contribution in [0.2, 0.25) is 5.02 Å². The van der Waals surface area contributed by atoms with Gasteiger partial charge in [-0.3, -0.25) is 9.10 Å². The second-order valence-corrected chi connectivity index (χ2v) is 8.19. The Balaban J connectivity index is 2.11. The van der Waals surface area contributed by atoms with E-state index < -0.39 is 16.1 Å². The quantitative estimate of drug-likeness (QED) is 0.776. The van der Waals surface area contributed by atoms with Crippen LogP contribution >= 0.6 is 11.6 Å². The van der Waals surface area contributed by atoms with Crippen LogP contribution < -0.4 is 14.4 Å². The van der Waals surface area contributed by atoms with E-state index in [1.54, 1.807) is 48.5 Å². The lowest BCUT2D eigenvalue weighted by atomic mass is 10.2. The third-order valence-electron chi connectivity index (χ3n) is 3.73. The number of halogens is 1. The molecule has 1 amide bonds. The molecule has 0 bridgehead atoms. The first-order valence-electron chi connectivity index (χ1n) is 7.97. The van der Waals surface area contributed by atoms with Gasteiger partial charge in [-0.1, -0.05) is 24.6 Å². The van der Waals surface area contributed by atoms with E-state index in [1.807, 2.05) is 6.92 Å². The van der Waals surface area contributed by atoms with E-state index in [9.17, 15) is 13.2 Å². The van der Waals surface area contributed by atoms with Crippen LogP contribution in [-0.4, -0.2) is 33.7 Å². The lowest BCUT2D eigenvalue weighted by molar-refractivity contribution is -0.122. The molecular weight excluding hydrogens is 376 g/mol. The molecule has 0 heterocycles. The van der Waals surface area contributed by atoms with Crippen molar-refractivity contribution in [3.8, 4) is 5.75 Å². The lowest BCUT2D eigenvalue weighted by Gasteiger charge is -2.19. The molecule has 0 aromatic heterocycles. The summed E-state index contributed by atoms with van der Waals surface area (Å²) < 4.78 is 30.2. The molecule has 0 saturated carbocycles. The molecular formula is C18H21ClN2O4S. The molecule has 1 N–H and O–H groups in total. The van der Waals surface area contributed by atoms with E-state index in [0.717, 1.165) is 10.6 Å². The fraction of sp³-hybridized carbons (Fsp3) is 0.278. The fourth-order valence-corrected chi connectivity index (χ4v) is 2.82. The van der Waals surface area contributed by atoms with E-state index in [1.165, 1.54) is 7.05 Å². The summed E-state index contributed by atoms with van der Waals surface area (Å²) in [6.07, 6.45) is 0.899. The van der Waals surface area contributed by atoms with Gasteiger partial charge in [-0.25, -0.2) is 8.42 Å². The molecule has 2 aromatic carbocycles. The highest BCUT2D eigenvalue weighted by molar-refractivity contribution is 7.92. The molecule has 0 unspecified atom stereocenters. The average molecular weight is 397 g/mol. The maximum absolute atomic E-state index is 12.5. The van der Waals surface area contributed by atoms with Gasteiger partial charge in [0.2, 0.25) is 10.0 Å². The highest BCUT2D eigenvalue weighted by atomic mass is 35.5. The van der Waals surface area contributed by atoms with Gasteiger partial charge in [0.1, 0.15) is 5.75 Å². The predicted molar refractivity (Wildman–Crippen MR) is 104 cm³/mol. The van der Waals surface area contributed by atoms with Crippen LogP contribution in [0.15, 0.2) is 48.5 Å². The van der Waals surface area contributed by atoms with Crippen LogP contribution in [0.3, 0.4) is 0 Å². The molecule has 0 radical (unpaired) electrons. The summed E-state index contributed by atoms with van der Waals surface area (Å²) in [7, 11) is -1.93. The molecule has 0 aliphatic heterocycles. The van der Waals surface area contributed by atoms with Gasteiger partial charge in [0.15, 0.2) is 6.10 Å². The Kier molecular flexibility index (Phi) is 6.50. The molecule has 8 heteroatoms. The smallest absolute Gasteiger partial charge is 0.265 e. The number of benzene rings is 2. The molecule has 1 atom stereocenters. The first kappa shape index (κ1) is 20.1. The van der Waals surface area contributed by atoms with E-state index in [4.69, 9.17) is 16.3 Å². The van der Waals surface area contributed by atoms with Crippen LogP contribution in [0.1, 0.15) is 13.3 Å². The zero-order valence-corrected chi connectivity index (χ0v) is 16.3. The average Bonchev–Trinajstić information content (AvgIpc) is 2.60. The number of carbonyl (C=O) groups is 1. The fourth-order valence-electron chi connectivity index (χ4n) is 2.19. The third kappa shape index (κ3) is 5.37. The maximum atomic E-state index is 12.5. The lowest BCUT2D eigenvalue weighted by Crippen LogP contribution is -2.32. The number of hydrogen-bond donors (Lipinski definition) is 1. The summed E-state index contributed by atoms with van der Waals surface area (Å²) in [5.41, 5.74) is 0.943. The molecule has 6 nitrogen and oxygen atoms in total. The van der Waals surface area contributed by atoms with Gasteiger partial charge >= 0.3 is 0 Å². The summed E-state index contributed by atoms with van der Waals surface area (Å²) in [5, 5.41) is 3.34. The summed E-state index contributed by atoms with van der Waals surface area (Å²) in [6.45, 7) is 1.84. The summed E-state index contributed by atoms with van der Waals surface area (Å²) >= 11 is 5.84. The van der Waals surface area contributed by atoms with Crippen molar-refractivity contribution < 1.29 is 17.9 Å². The van der Waals surface area contributed by atoms with Crippen LogP contribution in [0, 0.1) is 0 Å². The van der Waals surface area contributed by atoms with Crippen molar-refractivity contribution in [2.45, 2.75) is 19.4 Å². The van der Waals surface area contributed by atoms with E-state index in [-0.39, 0.29) is 5.91 Å². The first-order valence-corrected chi connectivity index (χ1v) is 10.2. The molecule has 0 aliphatic rings. The molecule has 2 aromatic rings. The van der Waals surface area contributed by atoms with Gasteiger partial charge in [-0.05, 0) is 48.9 Å². The number of nitrogens with one attached hydrogen (secondary N) is 1. The zero-order chi connectivity index (χ0) is 19.3. The Bertz CT molecular complexity index is 869. The van der Waals surface area contributed by atoms with Crippen molar-refractivity contribution in [2.24, 2.45) is 0 Å². The van der Waals surface area contributed by atoms with Crippen LogP contribution in [0.25, 0.3) is 0 Å². The van der Waals surface area contributed by atoms with Gasteiger partial charge in [0.05, 0.1) is 11.9 Å². The number of nitrogens with zero attached hydrogens (tertiary/aromatic N) is 1. The van der Waals surface area contributed by atoms with Crippen molar-refractivity contribution in [1.29, 1.82) is 0 Å². The van der Waals surface area contributed by atoms with Gasteiger partial charge < -0.3 is 10.1 Å². The van der Waals surface area contributed by atoms with Crippen molar-refractivity contribution in [3.05, 3.63) is 53.6 Å². The van der Waals surface area contributed by atoms with Gasteiger partial charge in [-0.2, -0.15) is 0 Å². The van der Waals surface area contributed by atoms with Crippen LogP contribution in [-0.2, 0) is 14.8 Å². The molecule has 0 saturated heterocycles. The number of rotatable bonds is 7. The monoisotopic (exact) mass is 396 g/mol. The molecule has 26 heavy (non-hydrogen) atoms. The number of hydrogen-bond acceptors (Lipinski definition) is 4. The minimum absolute atomic E-state index is 0.318. The predicted octanol–water partition coefficient (Wildman–Crippen LogP) is 3.53. The van der Waals surface area contributed by atoms with Crippen molar-refractivity contribution in [3.63, 3.8) is 0 Å². The van der Waals surface area contributed by atoms with Crippen molar-refractivity contribution >= 4 is 38.9 Å². The van der Waals surface area contributed by atoms with Gasteiger partial charge in [-0.15, -0.1) is 0 Å². The summed E-state index contributed by atoms with van der Waals surface area (Å²) in [6, 6.07) is 13.4. The second-order valence-electron chi connectivity index (χ2n) is 5.74. The third-order valence-corrected chi connectivity index (χ3v) is 5.19. The zero-order valence-electron chi connectivity index (χ0n) is 14.8. The SMILES string of the molecule is CC[C@H](Oc1ccc(Cl)cc1)C(=O)Nc1cccc(N(C)S(C)(=O)=O)c1. The Hall–Kier alpha value is -2.25. The van der Waals surface area contributed by atoms with E-state index in [0.29, 0.717) is 28.6 Å². The number of ether oxygens (including phenoxy) is 1. The minimum atomic E-state index is -3.38. The van der Waals surface area contributed by atoms with E-state index >= 15 is 0 Å². The molecule has 0 spiro atoms. The first-order chi connectivity index (χ1) is 12.2. The maximum Gasteiger partial charge on any atom is 0.265 e. The van der Waals surface area contributed by atoms with Crippen LogP contribution in [0.5, 0.6) is 5.75 Å². The second kappa shape index (κ2) is 8.42. The van der Waals surface area contributed by atoms with E-state index in [2.05, 4.69) is 5.32 Å². The summed E-state index contributed by atoms with van der Waals surface area (Å²) in [5.74, 6) is 0.226. The number of sulfonamides is 1. The molecule has 0 fully saturated rings. The van der Waals surface area contributed by atoms with Crippen molar-refractivity contribution in [1.82, 2.24) is 0 Å². The Morgan fingerprint density at radius 3 is 2.46 bits per heavy atom. The number of carbonyl (C=O) groups excluding carboxylic acids is 1. The largest absolute Gasteiger partial charge is 0.481 e. The highest BCUT2D eigenvalue weighted by Gasteiger charge is 2.19.